The van der Waals surface area contributed by atoms with E-state index in [9.17, 15) is 4.79 Å². The van der Waals surface area contributed by atoms with Crippen LogP contribution in [-0.4, -0.2) is 36.0 Å². The number of nitrogens with zero attached hydrogens (tertiary/aromatic N) is 2. The van der Waals surface area contributed by atoms with E-state index in [4.69, 9.17) is 10.00 Å². The van der Waals surface area contributed by atoms with Gasteiger partial charge in [0.1, 0.15) is 11.5 Å². The van der Waals surface area contributed by atoms with Crippen molar-refractivity contribution in [3.63, 3.8) is 0 Å². The lowest BCUT2D eigenvalue weighted by Gasteiger charge is -2.48. The van der Waals surface area contributed by atoms with Crippen molar-refractivity contribution in [2.75, 3.05) is 13.1 Å². The van der Waals surface area contributed by atoms with Crippen LogP contribution in [0.1, 0.15) is 35.7 Å². The molecule has 0 radical (unpaired) electrons. The van der Waals surface area contributed by atoms with Crippen LogP contribution < -0.4 is 10.1 Å². The zero-order valence-corrected chi connectivity index (χ0v) is 15.4. The van der Waals surface area contributed by atoms with Crippen LogP contribution in [-0.2, 0) is 0 Å². The van der Waals surface area contributed by atoms with Gasteiger partial charge in [-0.05, 0) is 80.8 Å². The van der Waals surface area contributed by atoms with Crippen molar-refractivity contribution in [1.82, 2.24) is 10.2 Å². The lowest BCUT2D eigenvalue weighted by atomic mass is 9.80. The quantitative estimate of drug-likeness (QED) is 0.904. The van der Waals surface area contributed by atoms with Crippen molar-refractivity contribution >= 4 is 5.91 Å². The maximum atomic E-state index is 12.6. The Bertz CT molecular complexity index is 855. The summed E-state index contributed by atoms with van der Waals surface area (Å²) in [6.07, 6.45) is 2.34. The number of hydrogen-bond donors (Lipinski definition) is 1. The number of hydrogen-bond acceptors (Lipinski definition) is 4. The monoisotopic (exact) mass is 361 g/mol. The van der Waals surface area contributed by atoms with Gasteiger partial charge >= 0.3 is 0 Å². The van der Waals surface area contributed by atoms with E-state index in [0.29, 0.717) is 34.6 Å². The second-order valence-electron chi connectivity index (χ2n) is 7.47. The van der Waals surface area contributed by atoms with Crippen LogP contribution in [0, 0.1) is 17.2 Å². The van der Waals surface area contributed by atoms with Crippen LogP contribution in [0.2, 0.25) is 0 Å². The summed E-state index contributed by atoms with van der Waals surface area (Å²) in [6.45, 7) is 4.38. The number of ether oxygens (including phenoxy) is 1. The Morgan fingerprint density at radius 2 is 1.81 bits per heavy atom. The summed E-state index contributed by atoms with van der Waals surface area (Å²) >= 11 is 0. The topological polar surface area (TPSA) is 65.4 Å². The molecule has 0 spiro atoms. The fraction of sp³-hybridized carbons (Fsp3) is 0.364. The molecule has 2 aromatic carbocycles. The number of rotatable bonds is 4. The van der Waals surface area contributed by atoms with Crippen molar-refractivity contribution in [3.8, 4) is 17.6 Å². The molecule has 4 unspecified atom stereocenters. The van der Waals surface area contributed by atoms with Crippen molar-refractivity contribution in [3.05, 3.63) is 59.7 Å². The highest BCUT2D eigenvalue weighted by molar-refractivity contribution is 5.94. The molecule has 3 aliphatic rings. The van der Waals surface area contributed by atoms with Gasteiger partial charge in [0, 0.05) is 24.2 Å². The average Bonchev–Trinajstić information content (AvgIpc) is 2.70. The van der Waals surface area contributed by atoms with Gasteiger partial charge < -0.3 is 10.1 Å². The van der Waals surface area contributed by atoms with Gasteiger partial charge in [0.05, 0.1) is 11.6 Å². The summed E-state index contributed by atoms with van der Waals surface area (Å²) in [5, 5.41) is 12.1. The van der Waals surface area contributed by atoms with E-state index in [1.54, 1.807) is 48.5 Å². The van der Waals surface area contributed by atoms with Gasteiger partial charge in [-0.2, -0.15) is 5.26 Å². The van der Waals surface area contributed by atoms with E-state index >= 15 is 0 Å². The highest BCUT2D eigenvalue weighted by atomic mass is 16.5. The lowest BCUT2D eigenvalue weighted by Crippen LogP contribution is -2.60. The average molecular weight is 361 g/mol. The van der Waals surface area contributed by atoms with Crippen LogP contribution in [0.4, 0.5) is 0 Å². The molecule has 4 atom stereocenters. The van der Waals surface area contributed by atoms with Crippen molar-refractivity contribution in [1.29, 1.82) is 5.26 Å². The molecule has 3 aliphatic heterocycles. The molecule has 0 aromatic heterocycles. The van der Waals surface area contributed by atoms with Crippen molar-refractivity contribution < 1.29 is 9.53 Å². The van der Waals surface area contributed by atoms with Gasteiger partial charge in [-0.1, -0.05) is 0 Å². The highest BCUT2D eigenvalue weighted by Crippen LogP contribution is 2.32. The molecule has 5 rings (SSSR count). The van der Waals surface area contributed by atoms with Gasteiger partial charge in [-0.25, -0.2) is 0 Å². The molecule has 0 saturated carbocycles. The molecule has 3 heterocycles. The fourth-order valence-electron chi connectivity index (χ4n) is 4.12. The van der Waals surface area contributed by atoms with Gasteiger partial charge in [-0.3, -0.25) is 9.69 Å². The first-order valence-electron chi connectivity index (χ1n) is 9.45. The molecule has 3 fully saturated rings. The third-order valence-corrected chi connectivity index (χ3v) is 5.71. The van der Waals surface area contributed by atoms with Crippen LogP contribution >= 0.6 is 0 Å². The minimum atomic E-state index is -0.0219. The first-order chi connectivity index (χ1) is 13.1. The van der Waals surface area contributed by atoms with E-state index in [2.05, 4.69) is 23.2 Å². The standard InChI is InChI=1S/C22H23N3O2/c1-15-12-18-10-11-25(15)14-21(18)24-22(26)17-4-8-20(9-5-17)27-19-6-2-16(13-23)3-7-19/h2-9,15,18,21H,10-12,14H2,1H3,(H,24,26). The Morgan fingerprint density at radius 3 is 2.37 bits per heavy atom. The number of fused-ring (bicyclic) bond motifs is 3. The smallest absolute Gasteiger partial charge is 0.251 e. The molecule has 2 aromatic rings. The van der Waals surface area contributed by atoms with Gasteiger partial charge in [0.15, 0.2) is 0 Å². The number of benzene rings is 2. The zero-order chi connectivity index (χ0) is 18.8. The summed E-state index contributed by atoms with van der Waals surface area (Å²) in [4.78, 5) is 15.1. The summed E-state index contributed by atoms with van der Waals surface area (Å²) in [5.41, 5.74) is 1.24. The molecular formula is C22H23N3O2. The minimum absolute atomic E-state index is 0.0219. The van der Waals surface area contributed by atoms with Crippen LogP contribution in [0.25, 0.3) is 0 Å². The maximum absolute atomic E-state index is 12.6. The molecule has 27 heavy (non-hydrogen) atoms. The fourth-order valence-corrected chi connectivity index (χ4v) is 4.12. The van der Waals surface area contributed by atoms with E-state index < -0.39 is 0 Å². The highest BCUT2D eigenvalue weighted by Gasteiger charge is 2.38. The molecule has 1 amide bonds. The van der Waals surface area contributed by atoms with E-state index in [1.165, 1.54) is 12.8 Å². The third-order valence-electron chi connectivity index (χ3n) is 5.71. The van der Waals surface area contributed by atoms with Crippen molar-refractivity contribution in [2.24, 2.45) is 5.92 Å². The van der Waals surface area contributed by atoms with E-state index in [0.717, 1.165) is 13.1 Å². The first-order valence-corrected chi connectivity index (χ1v) is 9.45. The van der Waals surface area contributed by atoms with E-state index in [-0.39, 0.29) is 11.9 Å². The van der Waals surface area contributed by atoms with Crippen LogP contribution in [0.15, 0.2) is 48.5 Å². The molecule has 0 aliphatic carbocycles. The Morgan fingerprint density at radius 1 is 1.15 bits per heavy atom. The second-order valence-corrected chi connectivity index (χ2v) is 7.47. The molecule has 5 heteroatoms. The number of nitriles is 1. The SMILES string of the molecule is CC1CC2CCN1CC2NC(=O)c1ccc(Oc2ccc(C#N)cc2)cc1. The summed E-state index contributed by atoms with van der Waals surface area (Å²) in [7, 11) is 0. The summed E-state index contributed by atoms with van der Waals surface area (Å²) in [5.74, 6) is 1.89. The number of nitrogens with one attached hydrogen (secondary N) is 1. The number of carbonyl (C=O) groups excluding carboxylic acids is 1. The summed E-state index contributed by atoms with van der Waals surface area (Å²) in [6, 6.07) is 17.1. The predicted molar refractivity (Wildman–Crippen MR) is 103 cm³/mol. The minimum Gasteiger partial charge on any atom is -0.457 e. The Balaban J connectivity index is 1.37. The zero-order valence-electron chi connectivity index (χ0n) is 15.4. The van der Waals surface area contributed by atoms with E-state index in [1.807, 2.05) is 0 Å². The number of amides is 1. The number of piperidine rings is 3. The second kappa shape index (κ2) is 7.42. The molecule has 3 saturated heterocycles. The Labute approximate surface area is 159 Å². The Kier molecular flexibility index (Phi) is 4.83. The molecular weight excluding hydrogens is 338 g/mol. The normalized spacial score (nSPS) is 26.2. The summed E-state index contributed by atoms with van der Waals surface area (Å²) < 4.78 is 5.77. The van der Waals surface area contributed by atoms with Crippen LogP contribution in [0.5, 0.6) is 11.5 Å². The predicted octanol–water partition coefficient (Wildman–Crippen LogP) is 3.56. The van der Waals surface area contributed by atoms with Gasteiger partial charge in [-0.15, -0.1) is 0 Å². The van der Waals surface area contributed by atoms with Gasteiger partial charge in [0.2, 0.25) is 0 Å². The van der Waals surface area contributed by atoms with Gasteiger partial charge in [0.25, 0.3) is 5.91 Å². The van der Waals surface area contributed by atoms with Crippen molar-refractivity contribution in [2.45, 2.75) is 31.8 Å². The molecule has 138 valence electrons. The first kappa shape index (κ1) is 17.6. The molecule has 2 bridgehead atoms. The molecule has 5 nitrogen and oxygen atoms in total. The van der Waals surface area contributed by atoms with Crippen LogP contribution in [0.3, 0.4) is 0 Å². The Hall–Kier alpha value is -2.84. The number of carbonyl (C=O) groups is 1. The maximum Gasteiger partial charge on any atom is 0.251 e. The third kappa shape index (κ3) is 3.81. The largest absolute Gasteiger partial charge is 0.457 e. The molecule has 1 N–H and O–H groups in total. The lowest BCUT2D eigenvalue weighted by molar-refractivity contribution is 0.0274.